The van der Waals surface area contributed by atoms with E-state index in [2.05, 4.69) is 15.7 Å². The summed E-state index contributed by atoms with van der Waals surface area (Å²) in [6.07, 6.45) is 3.43. The molecule has 1 aromatic heterocycles. The predicted molar refractivity (Wildman–Crippen MR) is 94.3 cm³/mol. The molecule has 1 heterocycles. The van der Waals surface area contributed by atoms with Crippen LogP contribution in [0.4, 0.5) is 10.5 Å². The Labute approximate surface area is 142 Å². The number of amides is 2. The van der Waals surface area contributed by atoms with E-state index in [1.807, 2.05) is 50.2 Å². The first kappa shape index (κ1) is 17.8. The first-order valence-corrected chi connectivity index (χ1v) is 7.91. The van der Waals surface area contributed by atoms with Crippen LogP contribution in [0.25, 0.3) is 0 Å². The normalized spacial score (nSPS) is 12.0. The van der Waals surface area contributed by atoms with E-state index < -0.39 is 0 Å². The highest BCUT2D eigenvalue weighted by atomic mass is 16.5. The number of hydrogen-bond acceptors (Lipinski definition) is 4. The minimum absolute atomic E-state index is 0.00488. The van der Waals surface area contributed by atoms with E-state index in [9.17, 15) is 4.79 Å². The molecule has 0 aliphatic heterocycles. The molecule has 7 heteroatoms. The molecule has 130 valence electrons. The molecule has 1 atom stereocenters. The van der Waals surface area contributed by atoms with Gasteiger partial charge >= 0.3 is 6.03 Å². The van der Waals surface area contributed by atoms with Gasteiger partial charge in [0.05, 0.1) is 25.0 Å². The van der Waals surface area contributed by atoms with Crippen LogP contribution in [0, 0.1) is 0 Å². The van der Waals surface area contributed by atoms with Crippen molar-refractivity contribution < 1.29 is 9.53 Å². The van der Waals surface area contributed by atoms with Gasteiger partial charge in [-0.15, -0.1) is 0 Å². The Morgan fingerprint density at radius 2 is 2.12 bits per heavy atom. The molecule has 2 rings (SSSR count). The van der Waals surface area contributed by atoms with Gasteiger partial charge in [-0.25, -0.2) is 4.79 Å². The molecule has 0 fully saturated rings. The topological polar surface area (TPSA) is 71.4 Å². The molecular weight excluding hydrogens is 306 g/mol. The Hall–Kier alpha value is -2.54. The van der Waals surface area contributed by atoms with E-state index >= 15 is 0 Å². The van der Waals surface area contributed by atoms with Gasteiger partial charge in [-0.05, 0) is 27.1 Å². The summed E-state index contributed by atoms with van der Waals surface area (Å²) in [5, 5.41) is 9.82. The Bertz CT molecular complexity index is 669. The third-order valence-electron chi connectivity index (χ3n) is 3.79. The molecule has 0 saturated carbocycles. The minimum atomic E-state index is -0.257. The Balaban J connectivity index is 1.99. The van der Waals surface area contributed by atoms with Crippen molar-refractivity contribution in [3.8, 4) is 5.75 Å². The zero-order chi connectivity index (χ0) is 17.5. The standard InChI is InChI=1S/C17H25N5O2/c1-5-22-12-13(10-19-22)20-17(23)18-11-15(21(2)3)14-8-6-7-9-16(14)24-4/h6-10,12,15H,5,11H2,1-4H3,(H2,18,20,23)/t15-/m0/s1. The Morgan fingerprint density at radius 1 is 1.38 bits per heavy atom. The van der Waals surface area contributed by atoms with Crippen molar-refractivity contribution in [3.05, 3.63) is 42.2 Å². The molecule has 0 radical (unpaired) electrons. The molecule has 2 amide bonds. The van der Waals surface area contributed by atoms with Crippen LogP contribution in [0.3, 0.4) is 0 Å². The first-order valence-electron chi connectivity index (χ1n) is 7.91. The second-order valence-electron chi connectivity index (χ2n) is 5.64. The van der Waals surface area contributed by atoms with Gasteiger partial charge in [-0.1, -0.05) is 18.2 Å². The lowest BCUT2D eigenvalue weighted by molar-refractivity contribution is 0.242. The first-order chi connectivity index (χ1) is 11.5. The summed E-state index contributed by atoms with van der Waals surface area (Å²) >= 11 is 0. The number of para-hydroxylation sites is 1. The Morgan fingerprint density at radius 3 is 2.75 bits per heavy atom. The number of likely N-dealkylation sites (N-methyl/N-ethyl adjacent to an activating group) is 1. The molecule has 0 aliphatic rings. The molecule has 2 N–H and O–H groups in total. The highest BCUT2D eigenvalue weighted by Gasteiger charge is 2.19. The lowest BCUT2D eigenvalue weighted by Gasteiger charge is -2.26. The summed E-state index contributed by atoms with van der Waals surface area (Å²) in [5.41, 5.74) is 1.71. The van der Waals surface area contributed by atoms with Crippen molar-refractivity contribution in [3.63, 3.8) is 0 Å². The number of nitrogens with one attached hydrogen (secondary N) is 2. The van der Waals surface area contributed by atoms with E-state index in [4.69, 9.17) is 4.74 Å². The SMILES string of the molecule is CCn1cc(NC(=O)NC[C@@H](c2ccccc2OC)N(C)C)cn1. The van der Waals surface area contributed by atoms with Gasteiger partial charge in [0.25, 0.3) is 0 Å². The van der Waals surface area contributed by atoms with Gasteiger partial charge in [0, 0.05) is 24.8 Å². The number of anilines is 1. The van der Waals surface area contributed by atoms with Crippen LogP contribution >= 0.6 is 0 Å². The quantitative estimate of drug-likeness (QED) is 0.817. The third kappa shape index (κ3) is 4.48. The van der Waals surface area contributed by atoms with Crippen molar-refractivity contribution in [1.82, 2.24) is 20.0 Å². The maximum absolute atomic E-state index is 12.1. The van der Waals surface area contributed by atoms with Crippen molar-refractivity contribution in [2.45, 2.75) is 19.5 Å². The number of carbonyl (C=O) groups excluding carboxylic acids is 1. The number of aryl methyl sites for hydroxylation is 1. The number of aromatic nitrogens is 2. The molecule has 0 aliphatic carbocycles. The second kappa shape index (κ2) is 8.35. The molecule has 1 aromatic carbocycles. The lowest BCUT2D eigenvalue weighted by atomic mass is 10.0. The Kier molecular flexibility index (Phi) is 6.20. The van der Waals surface area contributed by atoms with Crippen LogP contribution in [0.2, 0.25) is 0 Å². The van der Waals surface area contributed by atoms with Crippen LogP contribution in [0.15, 0.2) is 36.7 Å². The molecule has 7 nitrogen and oxygen atoms in total. The smallest absolute Gasteiger partial charge is 0.319 e. The molecule has 2 aromatic rings. The molecule has 0 bridgehead atoms. The average Bonchev–Trinajstić information content (AvgIpc) is 3.02. The van der Waals surface area contributed by atoms with E-state index in [-0.39, 0.29) is 12.1 Å². The molecule has 24 heavy (non-hydrogen) atoms. The van der Waals surface area contributed by atoms with Crippen LogP contribution in [0.1, 0.15) is 18.5 Å². The fourth-order valence-corrected chi connectivity index (χ4v) is 2.48. The van der Waals surface area contributed by atoms with Crippen molar-refractivity contribution in [2.24, 2.45) is 0 Å². The second-order valence-corrected chi connectivity index (χ2v) is 5.64. The number of hydrogen-bond donors (Lipinski definition) is 2. The van der Waals surface area contributed by atoms with Crippen LogP contribution in [0.5, 0.6) is 5.75 Å². The van der Waals surface area contributed by atoms with E-state index in [0.29, 0.717) is 12.2 Å². The number of methoxy groups -OCH3 is 1. The summed E-state index contributed by atoms with van der Waals surface area (Å²) in [6, 6.07) is 7.57. The summed E-state index contributed by atoms with van der Waals surface area (Å²) < 4.78 is 7.19. The summed E-state index contributed by atoms with van der Waals surface area (Å²) in [6.45, 7) is 3.21. The largest absolute Gasteiger partial charge is 0.496 e. The number of nitrogens with zero attached hydrogens (tertiary/aromatic N) is 3. The number of rotatable bonds is 7. The number of ether oxygens (including phenoxy) is 1. The van der Waals surface area contributed by atoms with Gasteiger partial charge in [-0.2, -0.15) is 5.10 Å². The number of benzene rings is 1. The maximum atomic E-state index is 12.1. The minimum Gasteiger partial charge on any atom is -0.496 e. The zero-order valence-corrected chi connectivity index (χ0v) is 14.6. The van der Waals surface area contributed by atoms with E-state index in [1.165, 1.54) is 0 Å². The highest BCUT2D eigenvalue weighted by Crippen LogP contribution is 2.27. The van der Waals surface area contributed by atoms with Gasteiger partial charge in [0.15, 0.2) is 0 Å². The fraction of sp³-hybridized carbons (Fsp3) is 0.412. The number of urea groups is 1. The predicted octanol–water partition coefficient (Wildman–Crippen LogP) is 2.34. The molecular formula is C17H25N5O2. The molecule has 0 unspecified atom stereocenters. The maximum Gasteiger partial charge on any atom is 0.319 e. The van der Waals surface area contributed by atoms with Crippen molar-refractivity contribution in [2.75, 3.05) is 33.1 Å². The summed E-state index contributed by atoms with van der Waals surface area (Å²) in [7, 11) is 5.60. The third-order valence-corrected chi connectivity index (χ3v) is 3.79. The van der Waals surface area contributed by atoms with Crippen LogP contribution in [-0.4, -0.2) is 48.5 Å². The fourth-order valence-electron chi connectivity index (χ4n) is 2.48. The van der Waals surface area contributed by atoms with E-state index in [1.54, 1.807) is 24.2 Å². The monoisotopic (exact) mass is 331 g/mol. The van der Waals surface area contributed by atoms with E-state index in [0.717, 1.165) is 17.9 Å². The van der Waals surface area contributed by atoms with Crippen molar-refractivity contribution >= 4 is 11.7 Å². The summed E-state index contributed by atoms with van der Waals surface area (Å²) in [5.74, 6) is 0.808. The van der Waals surface area contributed by atoms with Crippen LogP contribution in [-0.2, 0) is 6.54 Å². The lowest BCUT2D eigenvalue weighted by Crippen LogP contribution is -2.37. The average molecular weight is 331 g/mol. The van der Waals surface area contributed by atoms with Gasteiger partial charge in [-0.3, -0.25) is 4.68 Å². The zero-order valence-electron chi connectivity index (χ0n) is 14.6. The molecule has 0 spiro atoms. The van der Waals surface area contributed by atoms with Gasteiger partial charge < -0.3 is 20.3 Å². The number of carbonyl (C=O) groups is 1. The summed E-state index contributed by atoms with van der Waals surface area (Å²) in [4.78, 5) is 14.2. The van der Waals surface area contributed by atoms with Crippen LogP contribution < -0.4 is 15.4 Å². The van der Waals surface area contributed by atoms with Crippen molar-refractivity contribution in [1.29, 1.82) is 0 Å². The van der Waals surface area contributed by atoms with Gasteiger partial charge in [0.2, 0.25) is 0 Å². The molecule has 0 saturated heterocycles. The highest BCUT2D eigenvalue weighted by molar-refractivity contribution is 5.88. The van der Waals surface area contributed by atoms with Gasteiger partial charge in [0.1, 0.15) is 5.75 Å².